The third kappa shape index (κ3) is 5.45. The molecule has 2 aliphatic rings. The van der Waals surface area contributed by atoms with Crippen LogP contribution in [0.25, 0.3) is 0 Å². The van der Waals surface area contributed by atoms with E-state index in [1.165, 1.54) is 12.8 Å². The number of carbonyl (C=O) groups excluding carboxylic acids is 1. The van der Waals surface area contributed by atoms with E-state index >= 15 is 0 Å². The van der Waals surface area contributed by atoms with Crippen LogP contribution in [0.4, 0.5) is 22.7 Å². The van der Waals surface area contributed by atoms with E-state index in [4.69, 9.17) is 34.8 Å². The summed E-state index contributed by atoms with van der Waals surface area (Å²) in [5.74, 6) is 0.613. The maximum Gasteiger partial charge on any atom is 0.225 e. The van der Waals surface area contributed by atoms with Crippen LogP contribution in [0.15, 0.2) is 24.3 Å². The summed E-state index contributed by atoms with van der Waals surface area (Å²) in [7, 11) is 0. The van der Waals surface area contributed by atoms with Gasteiger partial charge in [-0.25, -0.2) is 0 Å². The zero-order chi connectivity index (χ0) is 24.6. The molecule has 1 saturated heterocycles. The van der Waals surface area contributed by atoms with Crippen molar-refractivity contribution in [1.82, 2.24) is 5.32 Å². The Morgan fingerprint density at radius 3 is 2.50 bits per heavy atom. The lowest BCUT2D eigenvalue weighted by atomic mass is 9.95. The highest BCUT2D eigenvalue weighted by Crippen LogP contribution is 2.41. The highest BCUT2D eigenvalue weighted by atomic mass is 35.5. The third-order valence-electron chi connectivity index (χ3n) is 6.26. The molecule has 1 fully saturated rings. The van der Waals surface area contributed by atoms with Crippen LogP contribution in [-0.2, 0) is 11.3 Å². The minimum atomic E-state index is -0.476. The van der Waals surface area contributed by atoms with Gasteiger partial charge >= 0.3 is 0 Å². The fourth-order valence-corrected chi connectivity index (χ4v) is 5.15. The Morgan fingerprint density at radius 2 is 1.82 bits per heavy atom. The number of rotatable bonds is 5. The number of hydrogen-bond acceptors (Lipinski definition) is 5. The SMILES string of the molecule is CC1CCCN(c2cc3c(cc2Cl)NC(Nc2c(Cl)ccc(CNC(=O)C(C)(C)C)c2Cl)N3)C1. The minimum absolute atomic E-state index is 0.0432. The van der Waals surface area contributed by atoms with Crippen molar-refractivity contribution in [2.45, 2.75) is 53.4 Å². The normalized spacial score (nSPS) is 19.8. The van der Waals surface area contributed by atoms with Gasteiger partial charge in [-0.3, -0.25) is 4.79 Å². The second-order valence-corrected chi connectivity index (χ2v) is 11.4. The van der Waals surface area contributed by atoms with E-state index in [-0.39, 0.29) is 12.2 Å². The average Bonchev–Trinajstić information content (AvgIpc) is 3.15. The van der Waals surface area contributed by atoms with Gasteiger partial charge < -0.3 is 26.2 Å². The number of hydrogen-bond donors (Lipinski definition) is 4. The van der Waals surface area contributed by atoms with Crippen molar-refractivity contribution in [3.63, 3.8) is 0 Å². The van der Waals surface area contributed by atoms with Crippen molar-refractivity contribution < 1.29 is 4.79 Å². The van der Waals surface area contributed by atoms with E-state index < -0.39 is 5.41 Å². The minimum Gasteiger partial charge on any atom is -0.370 e. The van der Waals surface area contributed by atoms with Crippen molar-refractivity contribution in [1.29, 1.82) is 0 Å². The molecule has 2 aliphatic heterocycles. The van der Waals surface area contributed by atoms with Crippen molar-refractivity contribution in [3.05, 3.63) is 44.9 Å². The van der Waals surface area contributed by atoms with Gasteiger partial charge in [0.1, 0.15) is 0 Å². The van der Waals surface area contributed by atoms with Crippen molar-refractivity contribution in [2.75, 3.05) is 33.9 Å². The topological polar surface area (TPSA) is 68.4 Å². The van der Waals surface area contributed by atoms with E-state index in [0.29, 0.717) is 28.2 Å². The Hall–Kier alpha value is -2.02. The number of amides is 1. The van der Waals surface area contributed by atoms with Gasteiger partial charge in [-0.1, -0.05) is 68.6 Å². The first-order valence-corrected chi connectivity index (χ1v) is 12.8. The maximum absolute atomic E-state index is 12.3. The molecule has 2 unspecified atom stereocenters. The molecule has 0 aromatic heterocycles. The average molecular weight is 525 g/mol. The van der Waals surface area contributed by atoms with Crippen molar-refractivity contribution in [3.8, 4) is 0 Å². The molecule has 2 atom stereocenters. The molecular formula is C25H32Cl3N5O. The molecule has 9 heteroatoms. The van der Waals surface area contributed by atoms with E-state index in [1.54, 1.807) is 6.07 Å². The number of anilines is 4. The van der Waals surface area contributed by atoms with Crippen LogP contribution in [0.3, 0.4) is 0 Å². The molecule has 0 bridgehead atoms. The molecule has 34 heavy (non-hydrogen) atoms. The van der Waals surface area contributed by atoms with E-state index in [2.05, 4.69) is 39.2 Å². The molecule has 184 valence electrons. The molecule has 2 aromatic carbocycles. The van der Waals surface area contributed by atoms with Crippen LogP contribution in [0.2, 0.25) is 15.1 Å². The zero-order valence-electron chi connectivity index (χ0n) is 20.0. The summed E-state index contributed by atoms with van der Waals surface area (Å²) in [4.78, 5) is 14.6. The zero-order valence-corrected chi connectivity index (χ0v) is 22.3. The Balaban J connectivity index is 1.48. The van der Waals surface area contributed by atoms with E-state index in [1.807, 2.05) is 32.9 Å². The lowest BCUT2D eigenvalue weighted by Crippen LogP contribution is -2.34. The number of nitrogens with one attached hydrogen (secondary N) is 4. The van der Waals surface area contributed by atoms with Gasteiger partial charge in [-0.2, -0.15) is 0 Å². The Labute approximate surface area is 216 Å². The number of fused-ring (bicyclic) bond motifs is 1. The van der Waals surface area contributed by atoms with Gasteiger partial charge in [0.15, 0.2) is 6.29 Å². The van der Waals surface area contributed by atoms with Gasteiger partial charge in [-0.05, 0) is 42.5 Å². The predicted octanol–water partition coefficient (Wildman–Crippen LogP) is 6.78. The lowest BCUT2D eigenvalue weighted by Gasteiger charge is -2.33. The van der Waals surface area contributed by atoms with E-state index in [9.17, 15) is 4.79 Å². The molecule has 0 radical (unpaired) electrons. The monoisotopic (exact) mass is 523 g/mol. The summed E-state index contributed by atoms with van der Waals surface area (Å²) in [6.45, 7) is 10.2. The molecule has 6 nitrogen and oxygen atoms in total. The molecule has 1 amide bonds. The Kier molecular flexibility index (Phi) is 7.32. The second-order valence-electron chi connectivity index (χ2n) is 10.2. The van der Waals surface area contributed by atoms with Crippen LogP contribution in [-0.4, -0.2) is 25.3 Å². The smallest absolute Gasteiger partial charge is 0.225 e. The largest absolute Gasteiger partial charge is 0.370 e. The van der Waals surface area contributed by atoms with Crippen LogP contribution < -0.4 is 26.2 Å². The standard InChI is InChI=1S/C25H32Cl3N5O/c1-14-6-5-9-33(13-14)20-11-19-18(10-17(20)27)30-24(31-19)32-22-16(26)8-7-15(21(22)28)12-29-23(34)25(2,3)4/h7-8,10-11,14,24,30-32H,5-6,9,12-13H2,1-4H3,(H,29,34). The summed E-state index contributed by atoms with van der Waals surface area (Å²) < 4.78 is 0. The summed E-state index contributed by atoms with van der Waals surface area (Å²) >= 11 is 19.8. The quantitative estimate of drug-likeness (QED) is 0.347. The number of halogens is 3. The fourth-order valence-electron chi connectivity index (χ4n) is 4.32. The number of nitrogens with zero attached hydrogens (tertiary/aromatic N) is 1. The highest BCUT2D eigenvalue weighted by Gasteiger charge is 2.26. The fraction of sp³-hybridized carbons (Fsp3) is 0.480. The van der Waals surface area contributed by atoms with Gasteiger partial charge in [-0.15, -0.1) is 0 Å². The third-order valence-corrected chi connectivity index (χ3v) is 7.31. The predicted molar refractivity (Wildman–Crippen MR) is 144 cm³/mol. The number of carbonyl (C=O) groups is 1. The summed E-state index contributed by atoms with van der Waals surface area (Å²) in [5, 5.41) is 14.8. The molecule has 0 saturated carbocycles. The van der Waals surface area contributed by atoms with Gasteiger partial charge in [0, 0.05) is 25.0 Å². The lowest BCUT2D eigenvalue weighted by molar-refractivity contribution is -0.128. The van der Waals surface area contributed by atoms with Gasteiger partial charge in [0.2, 0.25) is 5.91 Å². The molecule has 4 rings (SSSR count). The van der Waals surface area contributed by atoms with Crippen LogP contribution in [0.5, 0.6) is 0 Å². The van der Waals surface area contributed by atoms with Crippen LogP contribution in [0, 0.1) is 11.3 Å². The molecule has 0 aliphatic carbocycles. The van der Waals surface area contributed by atoms with Gasteiger partial charge in [0.05, 0.1) is 37.8 Å². The van der Waals surface area contributed by atoms with Crippen LogP contribution in [0.1, 0.15) is 46.1 Å². The summed E-state index contributed by atoms with van der Waals surface area (Å²) in [6.07, 6.45) is 2.11. The van der Waals surface area contributed by atoms with Gasteiger partial charge in [0.25, 0.3) is 0 Å². The van der Waals surface area contributed by atoms with Crippen LogP contribution >= 0.6 is 34.8 Å². The number of benzene rings is 2. The van der Waals surface area contributed by atoms with Crippen molar-refractivity contribution >= 4 is 63.5 Å². The summed E-state index contributed by atoms with van der Waals surface area (Å²) in [5.41, 5.74) is 3.84. The summed E-state index contributed by atoms with van der Waals surface area (Å²) in [6, 6.07) is 7.67. The highest BCUT2D eigenvalue weighted by molar-refractivity contribution is 6.39. The molecule has 0 spiro atoms. The van der Waals surface area contributed by atoms with E-state index in [0.717, 1.165) is 40.7 Å². The molecule has 2 heterocycles. The first kappa shape index (κ1) is 25.1. The number of piperidine rings is 1. The Morgan fingerprint density at radius 1 is 1.12 bits per heavy atom. The second kappa shape index (κ2) is 9.92. The molecule has 2 aromatic rings. The molecule has 4 N–H and O–H groups in total. The maximum atomic E-state index is 12.3. The first-order chi connectivity index (χ1) is 16.0. The Bertz CT molecular complexity index is 1090. The molecular weight excluding hydrogens is 493 g/mol. The van der Waals surface area contributed by atoms with Crippen molar-refractivity contribution in [2.24, 2.45) is 11.3 Å². The first-order valence-electron chi connectivity index (χ1n) is 11.7.